The van der Waals surface area contributed by atoms with Crippen LogP contribution < -0.4 is 5.32 Å². The van der Waals surface area contributed by atoms with Crippen LogP contribution in [0, 0.1) is 28.9 Å². The topological polar surface area (TPSA) is 168 Å². The number of aromatic hydroxyl groups is 1. The zero-order valence-corrected chi connectivity index (χ0v) is 22.2. The molecule has 0 fully saturated rings. The number of nitrogens with one attached hydrogen (secondary N) is 1. The summed E-state index contributed by atoms with van der Waals surface area (Å²) in [4.78, 5) is 40.0. The van der Waals surface area contributed by atoms with Crippen LogP contribution in [-0.4, -0.2) is 80.3 Å². The van der Waals surface area contributed by atoms with Gasteiger partial charge in [-0.2, -0.15) is 0 Å². The molecule has 0 saturated carbocycles. The summed E-state index contributed by atoms with van der Waals surface area (Å²) in [5, 5.41) is 56.8. The lowest BCUT2D eigenvalue weighted by Gasteiger charge is -2.50. The number of nitrogens with zero attached hydrogens (tertiary/aromatic N) is 1. The van der Waals surface area contributed by atoms with E-state index >= 15 is 8.78 Å². The van der Waals surface area contributed by atoms with Crippen LogP contribution >= 0.6 is 0 Å². The molecule has 0 saturated heterocycles. The monoisotopic (exact) mass is 550 g/mol. The maximum Gasteiger partial charge on any atom is 0.342 e. The van der Waals surface area contributed by atoms with E-state index in [2.05, 4.69) is 5.32 Å². The van der Waals surface area contributed by atoms with Crippen molar-refractivity contribution >= 4 is 17.5 Å². The van der Waals surface area contributed by atoms with Crippen molar-refractivity contribution in [2.75, 3.05) is 20.6 Å². The Balaban J connectivity index is 1.88. The largest absolute Gasteiger partial charge is 0.510 e. The molecule has 1 aromatic carbocycles. The number of hydrogen-bond acceptors (Lipinski definition) is 9. The van der Waals surface area contributed by atoms with Crippen molar-refractivity contribution in [3.8, 4) is 5.75 Å². The van der Waals surface area contributed by atoms with Crippen LogP contribution in [0.3, 0.4) is 0 Å². The number of allylic oxidation sites excluding steroid dienone is 1. The second-order valence-electron chi connectivity index (χ2n) is 11.9. The van der Waals surface area contributed by atoms with Crippen molar-refractivity contribution in [3.63, 3.8) is 0 Å². The number of fused-ring (bicyclic) bond motifs is 3. The van der Waals surface area contributed by atoms with Gasteiger partial charge in [-0.1, -0.05) is 20.8 Å². The average molecular weight is 551 g/mol. The van der Waals surface area contributed by atoms with Gasteiger partial charge in [0.05, 0.1) is 11.6 Å². The predicted octanol–water partition coefficient (Wildman–Crippen LogP) is 2.13. The van der Waals surface area contributed by atoms with Gasteiger partial charge in [-0.3, -0.25) is 14.5 Å². The Morgan fingerprint density at radius 2 is 1.74 bits per heavy atom. The minimum absolute atomic E-state index is 0.221. The van der Waals surface area contributed by atoms with E-state index in [9.17, 15) is 39.9 Å². The van der Waals surface area contributed by atoms with Crippen LogP contribution in [0.2, 0.25) is 0 Å². The van der Waals surface area contributed by atoms with Crippen LogP contribution in [0.5, 0.6) is 5.75 Å². The first-order valence-electron chi connectivity index (χ1n) is 12.5. The molecule has 10 nitrogen and oxygen atoms in total. The number of hydrogen-bond donors (Lipinski definition) is 6. The number of rotatable bonds is 5. The highest BCUT2D eigenvalue weighted by atomic mass is 19.2. The van der Waals surface area contributed by atoms with Crippen molar-refractivity contribution in [2.45, 2.75) is 51.8 Å². The number of phenolic OH excluding ortho intramolecular Hbond substituents is 1. The van der Waals surface area contributed by atoms with Gasteiger partial charge in [-0.15, -0.1) is 0 Å². The molecular weight excluding hydrogens is 518 g/mol. The van der Waals surface area contributed by atoms with Crippen molar-refractivity contribution in [2.24, 2.45) is 17.3 Å². The molecule has 0 amide bonds. The summed E-state index contributed by atoms with van der Waals surface area (Å²) in [6.45, 7) is 5.79. The third-order valence-corrected chi connectivity index (χ3v) is 7.79. The van der Waals surface area contributed by atoms with E-state index in [4.69, 9.17) is 0 Å². The fourth-order valence-electron chi connectivity index (χ4n) is 6.05. The number of benzene rings is 1. The lowest BCUT2D eigenvalue weighted by molar-refractivity contribution is -0.151. The predicted molar refractivity (Wildman–Crippen MR) is 133 cm³/mol. The molecule has 0 radical (unpaired) electrons. The summed E-state index contributed by atoms with van der Waals surface area (Å²) in [5.74, 6) is -12.2. The Bertz CT molecular complexity index is 1360. The number of carboxylic acid groups (broad SMARTS) is 1. The first-order valence-corrected chi connectivity index (χ1v) is 12.5. The zero-order valence-electron chi connectivity index (χ0n) is 22.2. The van der Waals surface area contributed by atoms with Gasteiger partial charge < -0.3 is 30.8 Å². The van der Waals surface area contributed by atoms with Crippen LogP contribution in [0.15, 0.2) is 22.7 Å². The lowest BCUT2D eigenvalue weighted by atomic mass is 9.58. The molecular formula is C27H32F2N2O8. The molecule has 12 heteroatoms. The first-order chi connectivity index (χ1) is 17.9. The molecule has 1 aromatic rings. The quantitative estimate of drug-likeness (QED) is 0.299. The van der Waals surface area contributed by atoms with Gasteiger partial charge >= 0.3 is 5.97 Å². The van der Waals surface area contributed by atoms with E-state index in [1.165, 1.54) is 19.0 Å². The van der Waals surface area contributed by atoms with Gasteiger partial charge in [0.15, 0.2) is 23.0 Å². The SMILES string of the molecule is CN(C)[C@@H]1C(O)=C(C(=O)O)C(=O)[C@@]2(O)C(O)=C3C(=O)c4c(O)c(CNCC(C)(C)C)c(F)c(F)c4C[C@H]3C[C@@H]12. The van der Waals surface area contributed by atoms with Crippen LogP contribution in [0.1, 0.15) is 48.7 Å². The number of Topliss-reactive ketones (excluding diaryl/α,β-unsaturated/α-hetero) is 2. The molecule has 0 unspecified atom stereocenters. The zero-order chi connectivity index (χ0) is 29.4. The molecule has 39 heavy (non-hydrogen) atoms. The summed E-state index contributed by atoms with van der Waals surface area (Å²) in [5.41, 5.74) is -6.22. The van der Waals surface area contributed by atoms with Gasteiger partial charge in [-0.05, 0) is 38.3 Å². The number of aliphatic hydroxyl groups is 3. The minimum Gasteiger partial charge on any atom is -0.510 e. The molecule has 4 atom stereocenters. The Morgan fingerprint density at radius 1 is 1.13 bits per heavy atom. The van der Waals surface area contributed by atoms with Gasteiger partial charge in [0.1, 0.15) is 22.8 Å². The fourth-order valence-corrected chi connectivity index (χ4v) is 6.05. The number of halogens is 2. The molecule has 3 aliphatic rings. The summed E-state index contributed by atoms with van der Waals surface area (Å²) in [7, 11) is 2.91. The maximum absolute atomic E-state index is 15.3. The standard InChI is InChI=1S/C27H32F2N2O8/c1-26(2,3)9-30-8-12-18(29)17(28)11-6-10-7-13-19(31(4)5)22(34)16(25(37)38)24(36)27(13,39)23(35)14(10)21(33)15(11)20(12)32/h10,13,19,30,32,34-35,39H,6-9H2,1-5H3,(H,37,38)/t10-,13-,19-,27-/m0/s1. The summed E-state index contributed by atoms with van der Waals surface area (Å²) in [6, 6.07) is -1.26. The van der Waals surface area contributed by atoms with Crippen molar-refractivity contribution < 1.29 is 48.7 Å². The van der Waals surface area contributed by atoms with Crippen molar-refractivity contribution in [1.29, 1.82) is 0 Å². The number of carboxylic acids is 1. The van der Waals surface area contributed by atoms with Crippen molar-refractivity contribution in [3.05, 3.63) is 51.0 Å². The Morgan fingerprint density at radius 3 is 2.28 bits per heavy atom. The molecule has 0 spiro atoms. The van der Waals surface area contributed by atoms with E-state index in [0.717, 1.165) is 0 Å². The number of carbonyl (C=O) groups excluding carboxylic acids is 2. The van der Waals surface area contributed by atoms with E-state index in [0.29, 0.717) is 6.54 Å². The van der Waals surface area contributed by atoms with Gasteiger partial charge in [0, 0.05) is 35.7 Å². The molecule has 6 N–H and O–H groups in total. The van der Waals surface area contributed by atoms with Crippen LogP contribution in [0.25, 0.3) is 0 Å². The van der Waals surface area contributed by atoms with E-state index < -0.39 is 97.8 Å². The highest BCUT2D eigenvalue weighted by Crippen LogP contribution is 2.53. The Labute approximate surface area is 223 Å². The highest BCUT2D eigenvalue weighted by molar-refractivity contribution is 6.23. The molecule has 0 heterocycles. The van der Waals surface area contributed by atoms with Gasteiger partial charge in [0.25, 0.3) is 0 Å². The van der Waals surface area contributed by atoms with Crippen LogP contribution in [-0.2, 0) is 22.6 Å². The lowest BCUT2D eigenvalue weighted by Crippen LogP contribution is -2.63. The number of carbonyl (C=O) groups is 3. The van der Waals surface area contributed by atoms with Crippen molar-refractivity contribution in [1.82, 2.24) is 10.2 Å². The third-order valence-electron chi connectivity index (χ3n) is 7.79. The van der Waals surface area contributed by atoms with E-state index in [-0.39, 0.29) is 24.8 Å². The van der Waals surface area contributed by atoms with Gasteiger partial charge in [-0.25, -0.2) is 13.6 Å². The van der Waals surface area contributed by atoms with Gasteiger partial charge in [0.2, 0.25) is 5.78 Å². The summed E-state index contributed by atoms with van der Waals surface area (Å²) >= 11 is 0. The minimum atomic E-state index is -2.89. The molecule has 212 valence electrons. The number of aliphatic hydroxyl groups excluding tert-OH is 2. The van der Waals surface area contributed by atoms with E-state index in [1.807, 2.05) is 20.8 Å². The Kier molecular flexibility index (Phi) is 6.90. The van der Waals surface area contributed by atoms with Crippen LogP contribution in [0.4, 0.5) is 8.78 Å². The molecule has 0 aliphatic heterocycles. The molecule has 4 rings (SSSR count). The fraction of sp³-hybridized carbons (Fsp3) is 0.519. The van der Waals surface area contributed by atoms with E-state index in [1.54, 1.807) is 0 Å². The third kappa shape index (κ3) is 4.21. The normalized spacial score (nSPS) is 27.1. The first kappa shape index (κ1) is 28.7. The summed E-state index contributed by atoms with van der Waals surface area (Å²) in [6.07, 6.45) is -0.618. The second-order valence-corrected chi connectivity index (χ2v) is 11.9. The molecule has 0 aromatic heterocycles. The summed E-state index contributed by atoms with van der Waals surface area (Å²) < 4.78 is 30.4. The maximum atomic E-state index is 15.3. The number of ketones is 2. The molecule has 3 aliphatic carbocycles. The molecule has 0 bridgehead atoms. The number of likely N-dealkylation sites (N-methyl/N-ethyl adjacent to an activating group) is 1. The number of phenols is 1. The Hall–Kier alpha value is -3.35. The smallest absolute Gasteiger partial charge is 0.342 e. The highest BCUT2D eigenvalue weighted by Gasteiger charge is 2.63. The second kappa shape index (κ2) is 9.39. The number of aliphatic carboxylic acids is 1. The average Bonchev–Trinajstić information content (AvgIpc) is 2.80.